The van der Waals surface area contributed by atoms with Crippen molar-refractivity contribution in [1.29, 1.82) is 0 Å². The fraction of sp³-hybridized carbons (Fsp3) is 0.500. The molecule has 0 bridgehead atoms. The van der Waals surface area contributed by atoms with Gasteiger partial charge in [-0.1, -0.05) is 12.7 Å². The van der Waals surface area contributed by atoms with Crippen molar-refractivity contribution in [2.75, 3.05) is 19.8 Å². The van der Waals surface area contributed by atoms with E-state index < -0.39 is 0 Å². The molecule has 0 fully saturated rings. The zero-order chi connectivity index (χ0) is 8.69. The van der Waals surface area contributed by atoms with E-state index in [1.54, 1.807) is 17.2 Å². The number of aliphatic hydroxyl groups excluding tert-OH is 2. The van der Waals surface area contributed by atoms with Gasteiger partial charge in [0.1, 0.15) is 0 Å². The Morgan fingerprint density at radius 2 is 2.00 bits per heavy atom. The highest BCUT2D eigenvalue weighted by Crippen LogP contribution is 1.99. The zero-order valence-electron chi connectivity index (χ0n) is 6.61. The van der Waals surface area contributed by atoms with Gasteiger partial charge in [-0.3, -0.25) is 0 Å². The summed E-state index contributed by atoms with van der Waals surface area (Å²) in [6.45, 7) is 7.62. The molecular weight excluding hydrogens is 142 g/mol. The third-order valence-corrected chi connectivity index (χ3v) is 1.48. The summed E-state index contributed by atoms with van der Waals surface area (Å²) in [4.78, 5) is 1.73. The van der Waals surface area contributed by atoms with E-state index in [0.717, 1.165) is 0 Å². The summed E-state index contributed by atoms with van der Waals surface area (Å²) in [5, 5.41) is 17.4. The SMILES string of the molecule is C=CC(CO)N(C=C)CCO. The van der Waals surface area contributed by atoms with Crippen LogP contribution in [0.15, 0.2) is 25.4 Å². The Kier molecular flexibility index (Phi) is 5.51. The molecule has 0 spiro atoms. The second-order valence-electron chi connectivity index (χ2n) is 2.13. The molecule has 1 atom stereocenters. The number of rotatable bonds is 6. The van der Waals surface area contributed by atoms with Crippen LogP contribution in [0, 0.1) is 0 Å². The quantitative estimate of drug-likeness (QED) is 0.532. The summed E-state index contributed by atoms with van der Waals surface area (Å²) in [6, 6.07) is -0.139. The number of hydrogen-bond donors (Lipinski definition) is 2. The maximum absolute atomic E-state index is 8.81. The standard InChI is InChI=1S/C8H15NO2/c1-3-8(7-11)9(4-2)5-6-10/h3-4,8,10-11H,1-2,5-7H2. The van der Waals surface area contributed by atoms with Crippen molar-refractivity contribution in [2.45, 2.75) is 6.04 Å². The summed E-state index contributed by atoms with van der Waals surface area (Å²) in [5.41, 5.74) is 0. The molecule has 3 heteroatoms. The molecule has 0 amide bonds. The number of hydrogen-bond acceptors (Lipinski definition) is 3. The zero-order valence-corrected chi connectivity index (χ0v) is 6.61. The van der Waals surface area contributed by atoms with E-state index in [1.807, 2.05) is 0 Å². The Labute approximate surface area is 67.3 Å². The van der Waals surface area contributed by atoms with Crippen LogP contribution in [0.25, 0.3) is 0 Å². The minimum absolute atomic E-state index is 0.00444. The van der Waals surface area contributed by atoms with E-state index in [4.69, 9.17) is 10.2 Å². The molecule has 0 aliphatic heterocycles. The maximum Gasteiger partial charge on any atom is 0.0697 e. The first kappa shape index (κ1) is 10.2. The van der Waals surface area contributed by atoms with Crippen LogP contribution in [0.4, 0.5) is 0 Å². The average molecular weight is 157 g/mol. The van der Waals surface area contributed by atoms with Crippen LogP contribution in [0.5, 0.6) is 0 Å². The Hall–Kier alpha value is -0.800. The molecule has 1 unspecified atom stereocenters. The highest BCUT2D eigenvalue weighted by atomic mass is 16.3. The largest absolute Gasteiger partial charge is 0.395 e. The lowest BCUT2D eigenvalue weighted by Crippen LogP contribution is -2.33. The normalized spacial score (nSPS) is 12.2. The Morgan fingerprint density at radius 1 is 1.36 bits per heavy atom. The van der Waals surface area contributed by atoms with E-state index in [1.165, 1.54) is 0 Å². The Bertz CT molecular complexity index is 125. The van der Waals surface area contributed by atoms with Crippen molar-refractivity contribution in [1.82, 2.24) is 4.90 Å². The van der Waals surface area contributed by atoms with Crippen molar-refractivity contribution in [3.05, 3.63) is 25.4 Å². The molecule has 0 aromatic carbocycles. The van der Waals surface area contributed by atoms with Gasteiger partial charge in [0.05, 0.1) is 19.3 Å². The van der Waals surface area contributed by atoms with E-state index in [9.17, 15) is 0 Å². The van der Waals surface area contributed by atoms with Gasteiger partial charge in [-0.05, 0) is 6.20 Å². The van der Waals surface area contributed by atoms with Crippen molar-refractivity contribution in [3.63, 3.8) is 0 Å². The predicted octanol–water partition coefficient (Wildman–Crippen LogP) is -0.0289. The molecule has 0 radical (unpaired) electrons. The molecule has 2 N–H and O–H groups in total. The molecule has 0 aromatic rings. The average Bonchev–Trinajstić information content (AvgIpc) is 2.05. The van der Waals surface area contributed by atoms with E-state index in [0.29, 0.717) is 6.54 Å². The first-order valence-electron chi connectivity index (χ1n) is 3.52. The molecule has 0 aromatic heterocycles. The molecule has 11 heavy (non-hydrogen) atoms. The van der Waals surface area contributed by atoms with Gasteiger partial charge < -0.3 is 15.1 Å². The summed E-state index contributed by atoms with van der Waals surface area (Å²) < 4.78 is 0. The van der Waals surface area contributed by atoms with Crippen molar-refractivity contribution < 1.29 is 10.2 Å². The molecule has 0 saturated heterocycles. The van der Waals surface area contributed by atoms with Crippen LogP contribution >= 0.6 is 0 Å². The van der Waals surface area contributed by atoms with Crippen LogP contribution in [-0.2, 0) is 0 Å². The molecule has 0 rings (SSSR count). The lowest BCUT2D eigenvalue weighted by Gasteiger charge is -2.25. The van der Waals surface area contributed by atoms with Crippen LogP contribution in [0.1, 0.15) is 0 Å². The highest BCUT2D eigenvalue weighted by molar-refractivity contribution is 4.91. The first-order valence-corrected chi connectivity index (χ1v) is 3.52. The minimum Gasteiger partial charge on any atom is -0.395 e. The van der Waals surface area contributed by atoms with Gasteiger partial charge in [-0.2, -0.15) is 0 Å². The summed E-state index contributed by atoms with van der Waals surface area (Å²) in [6.07, 6.45) is 3.20. The molecule has 0 aliphatic carbocycles. The predicted molar refractivity (Wildman–Crippen MR) is 45.1 cm³/mol. The topological polar surface area (TPSA) is 43.7 Å². The molecule has 3 nitrogen and oxygen atoms in total. The molecular formula is C8H15NO2. The summed E-state index contributed by atoms with van der Waals surface area (Å²) in [5.74, 6) is 0. The van der Waals surface area contributed by atoms with Gasteiger partial charge in [0.25, 0.3) is 0 Å². The second kappa shape index (κ2) is 5.95. The Balaban J connectivity index is 3.96. The fourth-order valence-electron chi connectivity index (χ4n) is 0.823. The monoisotopic (exact) mass is 157 g/mol. The van der Waals surface area contributed by atoms with Gasteiger partial charge in [0, 0.05) is 6.54 Å². The third-order valence-electron chi connectivity index (χ3n) is 1.48. The minimum atomic E-state index is -0.139. The van der Waals surface area contributed by atoms with Crippen LogP contribution in [-0.4, -0.2) is 40.9 Å². The molecule has 64 valence electrons. The van der Waals surface area contributed by atoms with Crippen LogP contribution in [0.2, 0.25) is 0 Å². The smallest absolute Gasteiger partial charge is 0.0697 e. The molecule has 0 aliphatic rings. The van der Waals surface area contributed by atoms with Gasteiger partial charge in [-0.15, -0.1) is 6.58 Å². The second-order valence-corrected chi connectivity index (χ2v) is 2.13. The van der Waals surface area contributed by atoms with Crippen LogP contribution in [0.3, 0.4) is 0 Å². The third kappa shape index (κ3) is 3.20. The van der Waals surface area contributed by atoms with Gasteiger partial charge in [-0.25, -0.2) is 0 Å². The van der Waals surface area contributed by atoms with Crippen molar-refractivity contribution in [2.24, 2.45) is 0 Å². The Morgan fingerprint density at radius 3 is 2.27 bits per heavy atom. The van der Waals surface area contributed by atoms with Gasteiger partial charge in [0.15, 0.2) is 0 Å². The molecule has 0 saturated carbocycles. The summed E-state index contributed by atoms with van der Waals surface area (Å²) >= 11 is 0. The summed E-state index contributed by atoms with van der Waals surface area (Å²) in [7, 11) is 0. The first-order chi connectivity index (χ1) is 5.29. The van der Waals surface area contributed by atoms with Crippen molar-refractivity contribution >= 4 is 0 Å². The van der Waals surface area contributed by atoms with E-state index in [2.05, 4.69) is 13.2 Å². The lowest BCUT2D eigenvalue weighted by molar-refractivity contribution is 0.166. The fourth-order valence-corrected chi connectivity index (χ4v) is 0.823. The number of nitrogens with zero attached hydrogens (tertiary/aromatic N) is 1. The maximum atomic E-state index is 8.81. The lowest BCUT2D eigenvalue weighted by atomic mass is 10.3. The van der Waals surface area contributed by atoms with Gasteiger partial charge in [0.2, 0.25) is 0 Å². The van der Waals surface area contributed by atoms with Gasteiger partial charge >= 0.3 is 0 Å². The number of aliphatic hydroxyl groups is 2. The van der Waals surface area contributed by atoms with Crippen molar-refractivity contribution in [3.8, 4) is 0 Å². The van der Waals surface area contributed by atoms with E-state index in [-0.39, 0.29) is 19.3 Å². The van der Waals surface area contributed by atoms with Crippen LogP contribution < -0.4 is 0 Å². The highest BCUT2D eigenvalue weighted by Gasteiger charge is 2.07. The van der Waals surface area contributed by atoms with E-state index >= 15 is 0 Å². The molecule has 0 heterocycles.